The molecule has 6 nitrogen and oxygen atoms in total. The lowest BCUT2D eigenvalue weighted by Gasteiger charge is -2.46. The van der Waals surface area contributed by atoms with Gasteiger partial charge in [0.25, 0.3) is 5.91 Å². The molecule has 2 amide bonds. The molecule has 0 saturated carbocycles. The van der Waals surface area contributed by atoms with E-state index in [2.05, 4.69) is 59.9 Å². The lowest BCUT2D eigenvalue weighted by atomic mass is 9.96. The Labute approximate surface area is 195 Å². The van der Waals surface area contributed by atoms with Crippen LogP contribution < -0.4 is 10.2 Å². The minimum absolute atomic E-state index is 0.0771. The van der Waals surface area contributed by atoms with E-state index in [0.717, 1.165) is 35.3 Å². The van der Waals surface area contributed by atoms with E-state index in [1.54, 1.807) is 0 Å². The topological polar surface area (TPSA) is 57.6 Å². The van der Waals surface area contributed by atoms with Crippen molar-refractivity contribution < 1.29 is 9.59 Å². The van der Waals surface area contributed by atoms with E-state index in [-0.39, 0.29) is 18.0 Å². The number of hydrogen-bond acceptors (Lipinski definition) is 3. The lowest BCUT2D eigenvalue weighted by Crippen LogP contribution is -2.51. The Kier molecular flexibility index (Phi) is 5.60. The molecule has 3 heterocycles. The number of nitrogens with zero attached hydrogens (tertiary/aromatic N) is 3. The first-order chi connectivity index (χ1) is 16.0. The van der Waals surface area contributed by atoms with Crippen LogP contribution in [0.2, 0.25) is 0 Å². The number of rotatable bonds is 6. The van der Waals surface area contributed by atoms with Gasteiger partial charge in [0.15, 0.2) is 0 Å². The van der Waals surface area contributed by atoms with Crippen LogP contribution in [0.1, 0.15) is 54.5 Å². The number of hydrogen-bond donors (Lipinski definition) is 1. The van der Waals surface area contributed by atoms with Crippen molar-refractivity contribution in [1.82, 2.24) is 14.8 Å². The van der Waals surface area contributed by atoms with Gasteiger partial charge in [-0.2, -0.15) is 0 Å². The number of anilines is 1. The molecule has 3 aromatic rings. The van der Waals surface area contributed by atoms with Gasteiger partial charge in [-0.25, -0.2) is 0 Å². The number of benzene rings is 2. The number of para-hydroxylation sites is 2. The SMILES string of the molecule is CC(C)CCNC(=O)CCn1c2c(c3ccccc31)CCN1C(=O)c3ccccc3N(C)[C@@H]21. The third-order valence-electron chi connectivity index (χ3n) is 7.01. The summed E-state index contributed by atoms with van der Waals surface area (Å²) in [5, 5.41) is 4.29. The van der Waals surface area contributed by atoms with Gasteiger partial charge in [-0.3, -0.25) is 9.59 Å². The Hall–Kier alpha value is -3.28. The van der Waals surface area contributed by atoms with E-state index in [1.165, 1.54) is 10.9 Å². The molecule has 0 spiro atoms. The summed E-state index contributed by atoms with van der Waals surface area (Å²) in [5.74, 6) is 0.731. The number of carbonyl (C=O) groups is 2. The summed E-state index contributed by atoms with van der Waals surface area (Å²) < 4.78 is 2.28. The number of amides is 2. The van der Waals surface area contributed by atoms with E-state index >= 15 is 0 Å². The molecule has 0 unspecified atom stereocenters. The van der Waals surface area contributed by atoms with Crippen LogP contribution in [0.3, 0.4) is 0 Å². The molecule has 1 atom stereocenters. The largest absolute Gasteiger partial charge is 0.356 e. The average molecular weight is 445 g/mol. The van der Waals surface area contributed by atoms with Crippen LogP contribution in [-0.2, 0) is 17.8 Å². The van der Waals surface area contributed by atoms with Crippen LogP contribution in [-0.4, -0.2) is 41.4 Å². The summed E-state index contributed by atoms with van der Waals surface area (Å²) in [7, 11) is 2.07. The van der Waals surface area contributed by atoms with Crippen LogP contribution in [0.25, 0.3) is 10.9 Å². The highest BCUT2D eigenvalue weighted by atomic mass is 16.2. The Morgan fingerprint density at radius 3 is 2.70 bits per heavy atom. The normalized spacial score (nSPS) is 17.2. The van der Waals surface area contributed by atoms with Crippen molar-refractivity contribution in [1.29, 1.82) is 0 Å². The summed E-state index contributed by atoms with van der Waals surface area (Å²) in [4.78, 5) is 30.2. The maximum absolute atomic E-state index is 13.4. The van der Waals surface area contributed by atoms with Crippen molar-refractivity contribution in [3.63, 3.8) is 0 Å². The van der Waals surface area contributed by atoms with Gasteiger partial charge in [-0.05, 0) is 42.5 Å². The van der Waals surface area contributed by atoms with Crippen molar-refractivity contribution in [2.75, 3.05) is 25.0 Å². The fraction of sp³-hybridized carbons (Fsp3) is 0.407. The van der Waals surface area contributed by atoms with Crippen molar-refractivity contribution in [2.24, 2.45) is 5.92 Å². The standard InChI is InChI=1S/C27H32N4O2/c1-18(2)12-15-28-24(32)14-17-30-23-11-7-4-8-19(23)20-13-16-31-26(25(20)30)29(3)22-10-6-5-9-21(22)27(31)33/h4-11,18,26H,12-17H2,1-3H3,(H,28,32)/t26-/m1/s1. The van der Waals surface area contributed by atoms with Crippen molar-refractivity contribution in [2.45, 2.75) is 45.8 Å². The first-order valence-corrected chi connectivity index (χ1v) is 12.0. The van der Waals surface area contributed by atoms with Gasteiger partial charge < -0.3 is 19.7 Å². The summed E-state index contributed by atoms with van der Waals surface area (Å²) in [6.45, 7) is 6.33. The molecule has 0 fully saturated rings. The molecule has 0 saturated heterocycles. The van der Waals surface area contributed by atoms with Gasteiger partial charge in [0.1, 0.15) is 6.17 Å². The van der Waals surface area contributed by atoms with Gasteiger partial charge in [0.05, 0.1) is 16.9 Å². The van der Waals surface area contributed by atoms with Crippen molar-refractivity contribution in [3.8, 4) is 0 Å². The Balaban J connectivity index is 1.52. The first kappa shape index (κ1) is 21.6. The molecular weight excluding hydrogens is 412 g/mol. The van der Waals surface area contributed by atoms with Gasteiger partial charge >= 0.3 is 0 Å². The fourth-order valence-electron chi connectivity index (χ4n) is 5.35. The summed E-state index contributed by atoms with van der Waals surface area (Å²) >= 11 is 0. The van der Waals surface area contributed by atoms with Crippen molar-refractivity contribution in [3.05, 3.63) is 65.4 Å². The van der Waals surface area contributed by atoms with Crippen LogP contribution in [0.15, 0.2) is 48.5 Å². The highest BCUT2D eigenvalue weighted by Gasteiger charge is 2.42. The Morgan fingerprint density at radius 1 is 1.12 bits per heavy atom. The van der Waals surface area contributed by atoms with Gasteiger partial charge in [-0.1, -0.05) is 44.2 Å². The molecule has 33 heavy (non-hydrogen) atoms. The molecule has 1 aromatic heterocycles. The smallest absolute Gasteiger partial charge is 0.257 e. The third kappa shape index (κ3) is 3.67. The number of nitrogens with one attached hydrogen (secondary N) is 1. The minimum Gasteiger partial charge on any atom is -0.356 e. The molecular formula is C27H32N4O2. The lowest BCUT2D eigenvalue weighted by molar-refractivity contribution is -0.121. The summed E-state index contributed by atoms with van der Waals surface area (Å²) in [6.07, 6.45) is 2.05. The van der Waals surface area contributed by atoms with E-state index in [0.29, 0.717) is 32.0 Å². The van der Waals surface area contributed by atoms with Crippen LogP contribution in [0.5, 0.6) is 0 Å². The van der Waals surface area contributed by atoms with E-state index < -0.39 is 0 Å². The highest BCUT2D eigenvalue weighted by Crippen LogP contribution is 2.44. The quantitative estimate of drug-likeness (QED) is 0.615. The maximum atomic E-state index is 13.4. The number of fused-ring (bicyclic) bond motifs is 6. The van der Waals surface area contributed by atoms with Crippen LogP contribution >= 0.6 is 0 Å². The second-order valence-electron chi connectivity index (χ2n) is 9.57. The molecule has 0 radical (unpaired) electrons. The van der Waals surface area contributed by atoms with Gasteiger partial charge in [0.2, 0.25) is 5.91 Å². The van der Waals surface area contributed by atoms with E-state index in [4.69, 9.17) is 0 Å². The zero-order valence-corrected chi connectivity index (χ0v) is 19.7. The second kappa shape index (κ2) is 8.58. The average Bonchev–Trinajstić information content (AvgIpc) is 3.14. The summed E-state index contributed by atoms with van der Waals surface area (Å²) in [6, 6.07) is 16.3. The first-order valence-electron chi connectivity index (χ1n) is 12.0. The van der Waals surface area contributed by atoms with Crippen LogP contribution in [0.4, 0.5) is 5.69 Å². The molecule has 2 aromatic carbocycles. The zero-order valence-electron chi connectivity index (χ0n) is 19.7. The molecule has 1 N–H and O–H groups in total. The number of carbonyl (C=O) groups excluding carboxylic acids is 2. The second-order valence-corrected chi connectivity index (χ2v) is 9.57. The molecule has 2 aliphatic rings. The number of aryl methyl sites for hydroxylation is 1. The minimum atomic E-state index is -0.174. The molecule has 0 aliphatic carbocycles. The Bertz CT molecular complexity index is 1210. The monoisotopic (exact) mass is 444 g/mol. The van der Waals surface area contributed by atoms with Gasteiger partial charge in [-0.15, -0.1) is 0 Å². The third-order valence-corrected chi connectivity index (χ3v) is 7.01. The predicted molar refractivity (Wildman–Crippen MR) is 131 cm³/mol. The molecule has 6 heteroatoms. The van der Waals surface area contributed by atoms with Crippen molar-refractivity contribution >= 4 is 28.4 Å². The number of aromatic nitrogens is 1. The zero-order chi connectivity index (χ0) is 23.1. The van der Waals surface area contributed by atoms with Crippen LogP contribution in [0, 0.1) is 5.92 Å². The maximum Gasteiger partial charge on any atom is 0.257 e. The predicted octanol–water partition coefficient (Wildman–Crippen LogP) is 4.34. The fourth-order valence-corrected chi connectivity index (χ4v) is 5.35. The molecule has 2 aliphatic heterocycles. The van der Waals surface area contributed by atoms with E-state index in [1.807, 2.05) is 29.2 Å². The molecule has 5 rings (SSSR count). The van der Waals surface area contributed by atoms with E-state index in [9.17, 15) is 9.59 Å². The van der Waals surface area contributed by atoms with Gasteiger partial charge in [0, 0.05) is 44.0 Å². The highest BCUT2D eigenvalue weighted by molar-refractivity contribution is 6.02. The molecule has 0 bridgehead atoms. The molecule has 172 valence electrons. The Morgan fingerprint density at radius 2 is 1.88 bits per heavy atom. The summed E-state index contributed by atoms with van der Waals surface area (Å²) in [5.41, 5.74) is 5.29.